The monoisotopic (exact) mass is 266 g/mol. The molecule has 6 heteroatoms. The van der Waals surface area contributed by atoms with E-state index in [-0.39, 0.29) is 35.3 Å². The molecule has 0 saturated heterocycles. The van der Waals surface area contributed by atoms with Crippen molar-refractivity contribution in [3.05, 3.63) is 30.3 Å². The van der Waals surface area contributed by atoms with E-state index in [0.29, 0.717) is 6.04 Å². The summed E-state index contributed by atoms with van der Waals surface area (Å²) in [6.07, 6.45) is 0. The average molecular weight is 266 g/mol. The molecule has 0 aliphatic heterocycles. The van der Waals surface area contributed by atoms with Crippen molar-refractivity contribution in [3.63, 3.8) is 0 Å². The molecule has 0 aliphatic carbocycles. The summed E-state index contributed by atoms with van der Waals surface area (Å²) >= 11 is 0. The van der Waals surface area contributed by atoms with Crippen LogP contribution in [-0.2, 0) is 10.1 Å². The second-order valence-electron chi connectivity index (χ2n) is 4.26. The molecule has 1 aromatic rings. The molecule has 84 valence electrons. The van der Waals surface area contributed by atoms with Gasteiger partial charge in [0.2, 0.25) is 0 Å². The van der Waals surface area contributed by atoms with Crippen LogP contribution in [0.4, 0.5) is 0 Å². The van der Waals surface area contributed by atoms with Crippen molar-refractivity contribution >= 4 is 23.4 Å². The van der Waals surface area contributed by atoms with E-state index in [2.05, 4.69) is 13.1 Å². The molecule has 0 unspecified atom stereocenters. The summed E-state index contributed by atoms with van der Waals surface area (Å²) in [6, 6.07) is 10.3. The number of benzene rings is 1. The van der Waals surface area contributed by atoms with E-state index in [1.807, 2.05) is 30.3 Å². The first-order valence-electron chi connectivity index (χ1n) is 4.80. The summed E-state index contributed by atoms with van der Waals surface area (Å²) in [5.74, 6) is -0.249. The van der Waals surface area contributed by atoms with E-state index in [0.717, 1.165) is 0 Å². The molecule has 1 rings (SSSR count). The van der Waals surface area contributed by atoms with Gasteiger partial charge in [-0.2, -0.15) is 0 Å². The third kappa shape index (κ3) is 5.61. The molecule has 0 spiro atoms. The Labute approximate surface area is 120 Å². The second kappa shape index (κ2) is 6.33. The molecule has 0 aliphatic rings. The zero-order valence-electron chi connectivity index (χ0n) is 9.93. The fourth-order valence-corrected chi connectivity index (χ4v) is 5.84. The van der Waals surface area contributed by atoms with Gasteiger partial charge in [0, 0.05) is 5.75 Å². The number of hydrogen-bond donors (Lipinski definition) is 0. The fraction of sp³-hybridized carbons (Fsp3) is 0.400. The Morgan fingerprint density at radius 2 is 1.69 bits per heavy atom. The molecule has 0 amide bonds. The maximum atomic E-state index is 10.6. The van der Waals surface area contributed by atoms with Crippen molar-refractivity contribution in [2.45, 2.75) is 19.1 Å². The van der Waals surface area contributed by atoms with E-state index in [1.165, 1.54) is 5.19 Å². The van der Waals surface area contributed by atoms with Gasteiger partial charge in [0.25, 0.3) is 0 Å². The number of hydrogen-bond acceptors (Lipinski definition) is 3. The molecular weight excluding hydrogens is 251 g/mol. The summed E-state index contributed by atoms with van der Waals surface area (Å²) in [5, 5.41) is 1.19. The van der Waals surface area contributed by atoms with Gasteiger partial charge in [-0.05, 0) is 6.04 Å². The molecule has 0 N–H and O–H groups in total. The van der Waals surface area contributed by atoms with Crippen LogP contribution in [0.3, 0.4) is 0 Å². The normalized spacial score (nSPS) is 11.9. The van der Waals surface area contributed by atoms with Gasteiger partial charge in [0.05, 0.1) is 18.2 Å². The van der Waals surface area contributed by atoms with E-state index in [1.54, 1.807) is 0 Å². The van der Waals surface area contributed by atoms with Gasteiger partial charge in [-0.15, -0.1) is 0 Å². The van der Waals surface area contributed by atoms with Crippen molar-refractivity contribution < 1.29 is 42.5 Å². The van der Waals surface area contributed by atoms with Gasteiger partial charge in [-0.3, -0.25) is 0 Å². The van der Waals surface area contributed by atoms with Crippen molar-refractivity contribution in [1.29, 1.82) is 0 Å². The minimum absolute atomic E-state index is 0. The molecule has 0 aromatic heterocycles. The van der Waals surface area contributed by atoms with E-state index >= 15 is 0 Å². The van der Waals surface area contributed by atoms with E-state index in [9.17, 15) is 13.0 Å². The zero-order chi connectivity index (χ0) is 11.5. The molecule has 0 atom stereocenters. The van der Waals surface area contributed by atoms with Gasteiger partial charge in [-0.25, -0.2) is 8.42 Å². The van der Waals surface area contributed by atoms with Gasteiger partial charge < -0.3 is 4.55 Å². The molecule has 0 bridgehead atoms. The summed E-state index contributed by atoms with van der Waals surface area (Å²) in [5.41, 5.74) is 0. The standard InChI is InChI=1S/C10H16O3SSi.Na/c1-15(2,9-8-14(11,12)13)10-6-4-3-5-7-10;/h3-7H,8-9H2,1-2H3,(H,11,12,13);/q;+1/p-1. The molecule has 16 heavy (non-hydrogen) atoms. The summed E-state index contributed by atoms with van der Waals surface area (Å²) in [7, 11) is -5.85. The predicted molar refractivity (Wildman–Crippen MR) is 62.9 cm³/mol. The molecular formula is C10H15NaO3SSi. The van der Waals surface area contributed by atoms with Crippen LogP contribution in [0.2, 0.25) is 19.1 Å². The minimum atomic E-state index is -4.08. The van der Waals surface area contributed by atoms with Gasteiger partial charge >= 0.3 is 29.6 Å². The minimum Gasteiger partial charge on any atom is -0.748 e. The molecule has 0 saturated carbocycles. The van der Waals surface area contributed by atoms with Crippen LogP contribution in [-0.4, -0.2) is 26.8 Å². The Balaban J connectivity index is 0.00000225. The Morgan fingerprint density at radius 1 is 1.19 bits per heavy atom. The molecule has 0 radical (unpaired) electrons. The summed E-state index contributed by atoms with van der Waals surface area (Å²) < 4.78 is 31.7. The van der Waals surface area contributed by atoms with Crippen LogP contribution >= 0.6 is 0 Å². The van der Waals surface area contributed by atoms with Crippen molar-refractivity contribution in [2.75, 3.05) is 5.75 Å². The maximum Gasteiger partial charge on any atom is 1.00 e. The third-order valence-electron chi connectivity index (χ3n) is 2.53. The van der Waals surface area contributed by atoms with Crippen LogP contribution in [0, 0.1) is 0 Å². The average Bonchev–Trinajstić information content (AvgIpc) is 2.16. The van der Waals surface area contributed by atoms with E-state index < -0.39 is 18.2 Å². The maximum absolute atomic E-state index is 10.6. The summed E-state index contributed by atoms with van der Waals surface area (Å²) in [6.45, 7) is 4.15. The van der Waals surface area contributed by atoms with Crippen molar-refractivity contribution in [2.24, 2.45) is 0 Å². The van der Waals surface area contributed by atoms with Crippen molar-refractivity contribution in [3.8, 4) is 0 Å². The smallest absolute Gasteiger partial charge is 0.748 e. The predicted octanol–water partition coefficient (Wildman–Crippen LogP) is -1.85. The largest absolute Gasteiger partial charge is 1.00 e. The van der Waals surface area contributed by atoms with Gasteiger partial charge in [0.15, 0.2) is 0 Å². The molecule has 0 fully saturated rings. The topological polar surface area (TPSA) is 57.2 Å². The third-order valence-corrected chi connectivity index (χ3v) is 7.00. The first kappa shape index (κ1) is 16.3. The van der Waals surface area contributed by atoms with Gasteiger partial charge in [-0.1, -0.05) is 48.6 Å². The number of rotatable bonds is 4. The molecule has 0 heterocycles. The van der Waals surface area contributed by atoms with Crippen LogP contribution in [0.5, 0.6) is 0 Å². The Morgan fingerprint density at radius 3 is 2.12 bits per heavy atom. The molecule has 3 nitrogen and oxygen atoms in total. The van der Waals surface area contributed by atoms with E-state index in [4.69, 9.17) is 0 Å². The summed E-state index contributed by atoms with van der Waals surface area (Å²) in [4.78, 5) is 0. The Hall–Kier alpha value is 0.347. The first-order valence-corrected chi connectivity index (χ1v) is 9.59. The Bertz CT molecular complexity index is 417. The van der Waals surface area contributed by atoms with Crippen LogP contribution in [0.15, 0.2) is 30.3 Å². The fourth-order valence-electron chi connectivity index (χ4n) is 1.41. The van der Waals surface area contributed by atoms with Crippen LogP contribution in [0.25, 0.3) is 0 Å². The SMILES string of the molecule is C[Si](C)(CCS(=O)(=O)[O-])c1ccccc1.[Na+]. The van der Waals surface area contributed by atoms with Crippen LogP contribution < -0.4 is 34.7 Å². The zero-order valence-corrected chi connectivity index (χ0v) is 13.8. The Kier molecular flexibility index (Phi) is 6.46. The van der Waals surface area contributed by atoms with Crippen molar-refractivity contribution in [1.82, 2.24) is 0 Å². The molecule has 1 aromatic carbocycles. The second-order valence-corrected chi connectivity index (χ2v) is 10.6. The van der Waals surface area contributed by atoms with Gasteiger partial charge in [0.1, 0.15) is 0 Å². The quantitative estimate of drug-likeness (QED) is 0.475. The van der Waals surface area contributed by atoms with Crippen LogP contribution in [0.1, 0.15) is 0 Å². The first-order chi connectivity index (χ1) is 6.81.